The maximum Gasteiger partial charge on any atom is 0.417 e. The second-order valence-electron chi connectivity index (χ2n) is 8.49. The summed E-state index contributed by atoms with van der Waals surface area (Å²) >= 11 is 17.3. The molecule has 0 bridgehead atoms. The predicted molar refractivity (Wildman–Crippen MR) is 130 cm³/mol. The topological polar surface area (TPSA) is 63.2 Å². The van der Waals surface area contributed by atoms with Gasteiger partial charge in [-0.05, 0) is 36.3 Å². The molecule has 0 spiro atoms. The van der Waals surface area contributed by atoms with E-state index in [4.69, 9.17) is 34.8 Å². The van der Waals surface area contributed by atoms with E-state index in [1.54, 1.807) is 0 Å². The number of carbonyl (C=O) groups excluding carboxylic acids is 1. The minimum Gasteiger partial charge on any atom is -0.306 e. The molecule has 0 amide bonds. The molecular weight excluding hydrogens is 610 g/mol. The molecule has 1 heterocycles. The molecule has 0 radical (unpaired) electrons. The summed E-state index contributed by atoms with van der Waals surface area (Å²) in [6.07, 6.45) is -9.99. The van der Waals surface area contributed by atoms with E-state index in [1.165, 1.54) is 0 Å². The first kappa shape index (κ1) is 30.7. The van der Waals surface area contributed by atoms with Crippen molar-refractivity contribution in [1.29, 1.82) is 0 Å². The smallest absolute Gasteiger partial charge is 0.306 e. The lowest BCUT2D eigenvalue weighted by molar-refractivity contribution is -0.140. The summed E-state index contributed by atoms with van der Waals surface area (Å²) < 4.78 is 120. The number of hydrogen-bond acceptors (Lipinski definition) is 4. The number of carbonyl (C=O) groups is 1. The van der Waals surface area contributed by atoms with Gasteiger partial charge in [-0.2, -0.15) is 26.3 Å². The summed E-state index contributed by atoms with van der Waals surface area (Å²) in [6, 6.07) is 2.62. The molecule has 4 nitrogen and oxygen atoms in total. The first-order chi connectivity index (χ1) is 17.4. The molecule has 1 fully saturated rings. The summed E-state index contributed by atoms with van der Waals surface area (Å²) in [7, 11) is -3.31. The molecule has 3 rings (SSSR count). The third-order valence-electron chi connectivity index (χ3n) is 5.72. The number of nitrogens with one attached hydrogen (secondary N) is 1. The van der Waals surface area contributed by atoms with Gasteiger partial charge < -0.3 is 5.32 Å². The Kier molecular flexibility index (Phi) is 9.14. The van der Waals surface area contributed by atoms with Crippen molar-refractivity contribution in [2.45, 2.75) is 30.7 Å². The Hall–Kier alpha value is -1.86. The second kappa shape index (κ2) is 11.3. The fourth-order valence-corrected chi connectivity index (χ4v) is 6.16. The van der Waals surface area contributed by atoms with E-state index in [2.05, 4.69) is 5.32 Å². The zero-order valence-corrected chi connectivity index (χ0v) is 21.9. The summed E-state index contributed by atoms with van der Waals surface area (Å²) in [5, 5.41) is 1.66. The Labute approximate surface area is 227 Å². The second-order valence-corrected chi connectivity index (χ2v) is 11.9. The van der Waals surface area contributed by atoms with E-state index in [9.17, 15) is 43.9 Å². The molecule has 208 valence electrons. The van der Waals surface area contributed by atoms with Crippen molar-refractivity contribution in [3.63, 3.8) is 0 Å². The van der Waals surface area contributed by atoms with Gasteiger partial charge in [0.1, 0.15) is 11.7 Å². The molecule has 0 aromatic heterocycles. The van der Waals surface area contributed by atoms with Crippen LogP contribution in [0.5, 0.6) is 0 Å². The average molecular weight is 627 g/mol. The van der Waals surface area contributed by atoms with Gasteiger partial charge >= 0.3 is 12.4 Å². The van der Waals surface area contributed by atoms with Crippen LogP contribution in [-0.2, 0) is 16.0 Å². The standard InChI is InChI=1S/C23H17Cl3F7NO3S/c24-17-6-12(7-18(25)21(17)26)15(22(28,29)30)8-19(27)11-1-2-14(16(5-11)23(31,32)33)20(35)9-34-13-3-4-38(36,37)10-13/h1-2,5-8,13,15,34H,3-4,9-10H2/b19-8-. The number of halogens is 10. The van der Waals surface area contributed by atoms with Crippen LogP contribution >= 0.6 is 34.8 Å². The van der Waals surface area contributed by atoms with Crippen LogP contribution in [-0.4, -0.2) is 44.5 Å². The van der Waals surface area contributed by atoms with E-state index < -0.39 is 74.6 Å². The molecule has 2 unspecified atom stereocenters. The number of benzene rings is 2. The van der Waals surface area contributed by atoms with E-state index in [-0.39, 0.29) is 45.1 Å². The number of Topliss-reactive ketones (excluding diaryl/α,β-unsaturated/α-hetero) is 1. The van der Waals surface area contributed by atoms with Crippen LogP contribution in [0.4, 0.5) is 30.7 Å². The van der Waals surface area contributed by atoms with Gasteiger partial charge in [0.2, 0.25) is 0 Å². The average Bonchev–Trinajstić information content (AvgIpc) is 3.15. The molecule has 0 aliphatic carbocycles. The highest BCUT2D eigenvalue weighted by Gasteiger charge is 2.41. The Morgan fingerprint density at radius 3 is 2.16 bits per heavy atom. The van der Waals surface area contributed by atoms with Crippen LogP contribution in [0.15, 0.2) is 36.4 Å². The highest BCUT2D eigenvalue weighted by molar-refractivity contribution is 7.91. The Bertz CT molecular complexity index is 1350. The van der Waals surface area contributed by atoms with Gasteiger partial charge in [-0.1, -0.05) is 46.9 Å². The number of ketones is 1. The minimum atomic E-state index is -5.15. The summed E-state index contributed by atoms with van der Waals surface area (Å²) in [5.74, 6) is -5.74. The van der Waals surface area contributed by atoms with E-state index in [0.717, 1.165) is 18.2 Å². The first-order valence-electron chi connectivity index (χ1n) is 10.7. The predicted octanol–water partition coefficient (Wildman–Crippen LogP) is 7.28. The van der Waals surface area contributed by atoms with Crippen LogP contribution in [0.2, 0.25) is 15.1 Å². The molecule has 38 heavy (non-hydrogen) atoms. The van der Waals surface area contributed by atoms with Gasteiger partial charge in [-0.25, -0.2) is 12.8 Å². The van der Waals surface area contributed by atoms with E-state index >= 15 is 0 Å². The van der Waals surface area contributed by atoms with Crippen LogP contribution in [0, 0.1) is 0 Å². The molecule has 0 saturated carbocycles. The highest BCUT2D eigenvalue weighted by Crippen LogP contribution is 2.42. The van der Waals surface area contributed by atoms with E-state index in [1.807, 2.05) is 0 Å². The lowest BCUT2D eigenvalue weighted by atomic mass is 9.95. The summed E-state index contributed by atoms with van der Waals surface area (Å²) in [5.41, 5.74) is -3.88. The molecule has 1 aliphatic rings. The first-order valence-corrected chi connectivity index (χ1v) is 13.6. The van der Waals surface area contributed by atoms with Crippen molar-refractivity contribution in [3.8, 4) is 0 Å². The van der Waals surface area contributed by atoms with Crippen LogP contribution < -0.4 is 5.32 Å². The zero-order valence-electron chi connectivity index (χ0n) is 18.9. The number of allylic oxidation sites excluding steroid dienone is 1. The lowest BCUT2D eigenvalue weighted by Crippen LogP contribution is -2.35. The van der Waals surface area contributed by atoms with Crippen molar-refractivity contribution in [3.05, 3.63) is 73.7 Å². The van der Waals surface area contributed by atoms with Gasteiger partial charge in [0.25, 0.3) is 0 Å². The van der Waals surface area contributed by atoms with Crippen LogP contribution in [0.25, 0.3) is 5.83 Å². The van der Waals surface area contributed by atoms with Gasteiger partial charge in [-0.15, -0.1) is 0 Å². The Morgan fingerprint density at radius 2 is 1.66 bits per heavy atom. The summed E-state index contributed by atoms with van der Waals surface area (Å²) in [4.78, 5) is 12.5. The third kappa shape index (κ3) is 7.41. The number of rotatable bonds is 7. The number of hydrogen-bond donors (Lipinski definition) is 1. The number of alkyl halides is 6. The Morgan fingerprint density at radius 1 is 1.05 bits per heavy atom. The fraction of sp³-hybridized carbons (Fsp3) is 0.348. The monoisotopic (exact) mass is 625 g/mol. The van der Waals surface area contributed by atoms with Crippen molar-refractivity contribution >= 4 is 56.3 Å². The van der Waals surface area contributed by atoms with Crippen molar-refractivity contribution in [1.82, 2.24) is 5.32 Å². The quantitative estimate of drug-likeness (QED) is 0.199. The zero-order chi connectivity index (χ0) is 28.6. The van der Waals surface area contributed by atoms with Gasteiger partial charge in [0, 0.05) is 17.2 Å². The molecular formula is C23H17Cl3F7NO3S. The maximum absolute atomic E-state index is 15.0. The number of sulfone groups is 1. The molecule has 1 saturated heterocycles. The largest absolute Gasteiger partial charge is 0.417 e. The van der Waals surface area contributed by atoms with Gasteiger partial charge in [0.05, 0.1) is 38.7 Å². The van der Waals surface area contributed by atoms with Crippen LogP contribution in [0.3, 0.4) is 0 Å². The van der Waals surface area contributed by atoms with Gasteiger partial charge in [-0.3, -0.25) is 4.79 Å². The van der Waals surface area contributed by atoms with E-state index in [0.29, 0.717) is 6.07 Å². The highest BCUT2D eigenvalue weighted by atomic mass is 35.5. The normalized spacial score (nSPS) is 19.0. The van der Waals surface area contributed by atoms with Crippen molar-refractivity contribution in [2.75, 3.05) is 18.1 Å². The maximum atomic E-state index is 15.0. The molecule has 1 N–H and O–H groups in total. The molecule has 2 aromatic rings. The van der Waals surface area contributed by atoms with Crippen LogP contribution in [0.1, 0.15) is 39.4 Å². The molecule has 2 atom stereocenters. The van der Waals surface area contributed by atoms with Gasteiger partial charge in [0.15, 0.2) is 15.6 Å². The lowest BCUT2D eigenvalue weighted by Gasteiger charge is -2.19. The molecule has 15 heteroatoms. The molecule has 2 aromatic carbocycles. The Balaban J connectivity index is 1.95. The SMILES string of the molecule is O=C(CNC1CCS(=O)(=O)C1)c1ccc(/C(F)=C/C(c2cc(Cl)c(Cl)c(Cl)c2)C(F)(F)F)cc1C(F)(F)F. The van der Waals surface area contributed by atoms with Crippen molar-refractivity contribution in [2.24, 2.45) is 0 Å². The fourth-order valence-electron chi connectivity index (χ4n) is 3.84. The van der Waals surface area contributed by atoms with Crippen molar-refractivity contribution < 1.29 is 43.9 Å². The summed E-state index contributed by atoms with van der Waals surface area (Å²) in [6.45, 7) is -0.630. The third-order valence-corrected chi connectivity index (χ3v) is 8.68. The molecule has 1 aliphatic heterocycles. The minimum absolute atomic E-state index is 0.0645.